The molecule has 1 heterocycles. The van der Waals surface area contributed by atoms with Gasteiger partial charge in [-0.1, -0.05) is 6.92 Å². The number of likely N-dealkylation sites (N-methyl/N-ethyl adjacent to an activating group) is 1. The second-order valence-corrected chi connectivity index (χ2v) is 7.46. The second kappa shape index (κ2) is 8.07. The van der Waals surface area contributed by atoms with Gasteiger partial charge in [-0.2, -0.15) is 0 Å². The van der Waals surface area contributed by atoms with Crippen LogP contribution in [0.1, 0.15) is 33.1 Å². The summed E-state index contributed by atoms with van der Waals surface area (Å²) in [7, 11) is -3.65. The van der Waals surface area contributed by atoms with Crippen LogP contribution in [0.5, 0.6) is 0 Å². The van der Waals surface area contributed by atoms with Crippen LogP contribution >= 0.6 is 0 Å². The van der Waals surface area contributed by atoms with E-state index in [9.17, 15) is 13.2 Å². The van der Waals surface area contributed by atoms with Crippen molar-refractivity contribution >= 4 is 15.9 Å². The van der Waals surface area contributed by atoms with Crippen molar-refractivity contribution < 1.29 is 18.3 Å². The highest BCUT2D eigenvalue weighted by Gasteiger charge is 2.38. The smallest absolute Gasteiger partial charge is 0.224 e. The number of carbonyl (C=O) groups is 1. The number of hydrogen-bond donors (Lipinski definition) is 2. The standard InChI is InChI=1S/C13H27N3O4S/c1-3-15(7-8-17)6-4-5-11(2)16-10-12(9-13(16)18)21(14,19)20/h11-12,17H,3-10H2,1-2H3,(H2,14,19,20). The zero-order valence-electron chi connectivity index (χ0n) is 12.9. The normalized spacial score (nSPS) is 21.3. The Balaban J connectivity index is 2.42. The Morgan fingerprint density at radius 1 is 1.48 bits per heavy atom. The summed E-state index contributed by atoms with van der Waals surface area (Å²) in [6.45, 7) is 6.72. The van der Waals surface area contributed by atoms with Crippen LogP contribution in [-0.2, 0) is 14.8 Å². The number of aliphatic hydroxyl groups excluding tert-OH is 1. The molecule has 2 unspecified atom stereocenters. The lowest BCUT2D eigenvalue weighted by molar-refractivity contribution is -0.129. The van der Waals surface area contributed by atoms with Crippen LogP contribution in [0.25, 0.3) is 0 Å². The Labute approximate surface area is 127 Å². The fourth-order valence-corrected chi connectivity index (χ4v) is 3.42. The predicted octanol–water partition coefficient (Wildman–Crippen LogP) is -0.641. The van der Waals surface area contributed by atoms with Gasteiger partial charge in [-0.15, -0.1) is 0 Å². The van der Waals surface area contributed by atoms with Crippen molar-refractivity contribution in [2.24, 2.45) is 5.14 Å². The van der Waals surface area contributed by atoms with Crippen LogP contribution in [0.2, 0.25) is 0 Å². The van der Waals surface area contributed by atoms with Gasteiger partial charge in [-0.05, 0) is 32.9 Å². The van der Waals surface area contributed by atoms with E-state index in [1.54, 1.807) is 4.90 Å². The lowest BCUT2D eigenvalue weighted by Gasteiger charge is -2.26. The number of hydrogen-bond acceptors (Lipinski definition) is 5. The van der Waals surface area contributed by atoms with E-state index in [-0.39, 0.29) is 31.5 Å². The van der Waals surface area contributed by atoms with E-state index in [4.69, 9.17) is 10.2 Å². The molecule has 0 aromatic rings. The van der Waals surface area contributed by atoms with Crippen molar-refractivity contribution in [2.45, 2.75) is 44.4 Å². The first kappa shape index (κ1) is 18.3. The summed E-state index contributed by atoms with van der Waals surface area (Å²) in [5, 5.41) is 13.3. The van der Waals surface area contributed by atoms with Crippen LogP contribution < -0.4 is 5.14 Å². The molecule has 1 aliphatic rings. The van der Waals surface area contributed by atoms with E-state index < -0.39 is 15.3 Å². The summed E-state index contributed by atoms with van der Waals surface area (Å²) in [4.78, 5) is 15.7. The Hall–Kier alpha value is -0.700. The fraction of sp³-hybridized carbons (Fsp3) is 0.923. The average molecular weight is 321 g/mol. The molecule has 21 heavy (non-hydrogen) atoms. The summed E-state index contributed by atoms with van der Waals surface area (Å²) >= 11 is 0. The number of primary sulfonamides is 1. The van der Waals surface area contributed by atoms with Gasteiger partial charge in [-0.3, -0.25) is 4.79 Å². The van der Waals surface area contributed by atoms with Gasteiger partial charge in [0, 0.05) is 25.6 Å². The number of amides is 1. The summed E-state index contributed by atoms with van der Waals surface area (Å²) in [5.41, 5.74) is 0. The molecule has 1 saturated heterocycles. The largest absolute Gasteiger partial charge is 0.395 e. The summed E-state index contributed by atoms with van der Waals surface area (Å²) in [5.74, 6) is -0.135. The number of likely N-dealkylation sites (tertiary alicyclic amines) is 1. The number of nitrogens with two attached hydrogens (primary N) is 1. The molecule has 8 heteroatoms. The van der Waals surface area contributed by atoms with Gasteiger partial charge < -0.3 is 14.9 Å². The van der Waals surface area contributed by atoms with Crippen LogP contribution in [-0.4, -0.2) is 73.3 Å². The molecule has 1 fully saturated rings. The van der Waals surface area contributed by atoms with Crippen molar-refractivity contribution in [3.63, 3.8) is 0 Å². The summed E-state index contributed by atoms with van der Waals surface area (Å²) < 4.78 is 22.7. The van der Waals surface area contributed by atoms with Gasteiger partial charge in [-0.25, -0.2) is 13.6 Å². The quantitative estimate of drug-likeness (QED) is 0.588. The maximum absolute atomic E-state index is 11.9. The molecule has 1 amide bonds. The first-order chi connectivity index (χ1) is 9.79. The SMILES string of the molecule is CCN(CCO)CCCC(C)N1CC(S(N)(=O)=O)CC1=O. The molecule has 2 atom stereocenters. The molecule has 0 aromatic carbocycles. The Morgan fingerprint density at radius 3 is 2.62 bits per heavy atom. The third-order valence-electron chi connectivity index (χ3n) is 4.08. The first-order valence-electron chi connectivity index (χ1n) is 7.43. The van der Waals surface area contributed by atoms with E-state index >= 15 is 0 Å². The maximum Gasteiger partial charge on any atom is 0.224 e. The highest BCUT2D eigenvalue weighted by Crippen LogP contribution is 2.21. The zero-order chi connectivity index (χ0) is 16.0. The lowest BCUT2D eigenvalue weighted by atomic mass is 10.1. The monoisotopic (exact) mass is 321 g/mol. The van der Waals surface area contributed by atoms with Gasteiger partial charge in [0.25, 0.3) is 0 Å². The van der Waals surface area contributed by atoms with E-state index in [1.807, 2.05) is 13.8 Å². The van der Waals surface area contributed by atoms with Gasteiger partial charge in [0.15, 0.2) is 0 Å². The fourth-order valence-electron chi connectivity index (χ4n) is 2.68. The average Bonchev–Trinajstić information content (AvgIpc) is 2.79. The third kappa shape index (κ3) is 5.54. The second-order valence-electron chi connectivity index (χ2n) is 5.61. The van der Waals surface area contributed by atoms with E-state index in [1.165, 1.54) is 0 Å². The highest BCUT2D eigenvalue weighted by molar-refractivity contribution is 7.89. The molecule has 0 spiro atoms. The maximum atomic E-state index is 11.9. The minimum atomic E-state index is -3.65. The van der Waals surface area contributed by atoms with Crippen LogP contribution in [0.4, 0.5) is 0 Å². The number of carbonyl (C=O) groups excluding carboxylic acids is 1. The lowest BCUT2D eigenvalue weighted by Crippen LogP contribution is -2.37. The Bertz CT molecular complexity index is 441. The van der Waals surface area contributed by atoms with Crippen molar-refractivity contribution in [1.29, 1.82) is 0 Å². The molecule has 7 nitrogen and oxygen atoms in total. The number of sulfonamides is 1. The molecule has 124 valence electrons. The molecular formula is C13H27N3O4S. The van der Waals surface area contributed by atoms with E-state index in [2.05, 4.69) is 4.90 Å². The minimum absolute atomic E-state index is 0.00519. The number of nitrogens with zero attached hydrogens (tertiary/aromatic N) is 2. The van der Waals surface area contributed by atoms with Gasteiger partial charge >= 0.3 is 0 Å². The van der Waals surface area contributed by atoms with E-state index in [0.29, 0.717) is 6.54 Å². The van der Waals surface area contributed by atoms with Gasteiger partial charge in [0.05, 0.1) is 6.61 Å². The Kier molecular flexibility index (Phi) is 7.05. The van der Waals surface area contributed by atoms with Crippen molar-refractivity contribution in [1.82, 2.24) is 9.80 Å². The van der Waals surface area contributed by atoms with Crippen molar-refractivity contribution in [3.05, 3.63) is 0 Å². The molecule has 1 aliphatic heterocycles. The third-order valence-corrected chi connectivity index (χ3v) is 5.32. The van der Waals surface area contributed by atoms with Crippen LogP contribution in [0.3, 0.4) is 0 Å². The molecule has 1 rings (SSSR count). The minimum Gasteiger partial charge on any atom is -0.395 e. The number of rotatable bonds is 9. The summed E-state index contributed by atoms with van der Waals surface area (Å²) in [6, 6.07) is 0.0112. The van der Waals surface area contributed by atoms with Crippen molar-refractivity contribution in [3.8, 4) is 0 Å². The zero-order valence-corrected chi connectivity index (χ0v) is 13.7. The highest BCUT2D eigenvalue weighted by atomic mass is 32.2. The van der Waals surface area contributed by atoms with Gasteiger partial charge in [0.1, 0.15) is 5.25 Å². The molecular weight excluding hydrogens is 294 g/mol. The molecule has 3 N–H and O–H groups in total. The van der Waals surface area contributed by atoms with Crippen molar-refractivity contribution in [2.75, 3.05) is 32.8 Å². The molecule has 0 radical (unpaired) electrons. The predicted molar refractivity (Wildman–Crippen MR) is 81.1 cm³/mol. The molecule has 0 bridgehead atoms. The van der Waals surface area contributed by atoms with E-state index in [0.717, 1.165) is 25.9 Å². The summed E-state index contributed by atoms with van der Waals surface area (Å²) in [6.07, 6.45) is 1.71. The topological polar surface area (TPSA) is 104 Å². The first-order valence-corrected chi connectivity index (χ1v) is 9.04. The van der Waals surface area contributed by atoms with Crippen LogP contribution in [0.15, 0.2) is 0 Å². The molecule has 0 aliphatic carbocycles. The van der Waals surface area contributed by atoms with Gasteiger partial charge in [0.2, 0.25) is 15.9 Å². The Morgan fingerprint density at radius 2 is 2.14 bits per heavy atom. The van der Waals surface area contributed by atoms with Crippen LogP contribution in [0, 0.1) is 0 Å². The molecule has 0 saturated carbocycles. The number of aliphatic hydroxyl groups is 1. The molecule has 0 aromatic heterocycles.